The van der Waals surface area contributed by atoms with E-state index in [1.165, 1.54) is 0 Å². The zero-order valence-corrected chi connectivity index (χ0v) is 10.4. The fourth-order valence-electron chi connectivity index (χ4n) is 2.02. The summed E-state index contributed by atoms with van der Waals surface area (Å²) >= 11 is 4.36. The lowest BCUT2D eigenvalue weighted by molar-refractivity contribution is 0.0236. The summed E-state index contributed by atoms with van der Waals surface area (Å²) in [6.45, 7) is 9.77. The van der Waals surface area contributed by atoms with E-state index < -0.39 is 0 Å². The van der Waals surface area contributed by atoms with Crippen molar-refractivity contribution in [3.63, 3.8) is 0 Å². The predicted octanol–water partition coefficient (Wildman–Crippen LogP) is 1.65. The van der Waals surface area contributed by atoms with Crippen LogP contribution < -0.4 is 0 Å². The van der Waals surface area contributed by atoms with Gasteiger partial charge in [-0.3, -0.25) is 0 Å². The maximum Gasteiger partial charge on any atom is 0.0590 e. The van der Waals surface area contributed by atoms with E-state index in [0.29, 0.717) is 5.92 Å². The Kier molecular flexibility index (Phi) is 4.29. The zero-order valence-electron chi connectivity index (χ0n) is 9.53. The molecule has 84 valence electrons. The molecule has 2 unspecified atom stereocenters. The van der Waals surface area contributed by atoms with Gasteiger partial charge in [-0.1, -0.05) is 20.8 Å². The molecule has 0 spiro atoms. The van der Waals surface area contributed by atoms with E-state index in [1.807, 2.05) is 0 Å². The van der Waals surface area contributed by atoms with E-state index in [2.05, 4.69) is 38.3 Å². The van der Waals surface area contributed by atoms with Crippen molar-refractivity contribution in [2.75, 3.05) is 25.4 Å². The molecule has 0 saturated carbocycles. The maximum absolute atomic E-state index is 9.61. The summed E-state index contributed by atoms with van der Waals surface area (Å²) in [5.74, 6) is 1.33. The Morgan fingerprint density at radius 1 is 1.50 bits per heavy atom. The van der Waals surface area contributed by atoms with Crippen LogP contribution in [0.3, 0.4) is 0 Å². The minimum atomic E-state index is -0.0923. The van der Waals surface area contributed by atoms with Gasteiger partial charge in [0.2, 0.25) is 0 Å². The Balaban J connectivity index is 2.40. The molecular formula is C11H23NOS. The van der Waals surface area contributed by atoms with Crippen LogP contribution in [0, 0.1) is 11.3 Å². The second-order valence-electron chi connectivity index (χ2n) is 5.39. The lowest BCUT2D eigenvalue weighted by Gasteiger charge is -2.38. The molecule has 1 saturated heterocycles. The molecule has 1 aliphatic heterocycles. The van der Waals surface area contributed by atoms with Gasteiger partial charge in [0.25, 0.3) is 0 Å². The number of piperidine rings is 1. The Hall–Kier alpha value is 0.270. The Labute approximate surface area is 93.1 Å². The van der Waals surface area contributed by atoms with Gasteiger partial charge < -0.3 is 10.0 Å². The number of hydrogen-bond acceptors (Lipinski definition) is 3. The minimum absolute atomic E-state index is 0.0923. The van der Waals surface area contributed by atoms with E-state index in [-0.39, 0.29) is 11.5 Å². The third-order valence-corrected chi connectivity index (χ3v) is 3.88. The zero-order chi connectivity index (χ0) is 10.8. The highest BCUT2D eigenvalue weighted by atomic mass is 32.1. The molecule has 1 N–H and O–H groups in total. The molecule has 0 radical (unpaired) electrons. The van der Waals surface area contributed by atoms with E-state index >= 15 is 0 Å². The van der Waals surface area contributed by atoms with Crippen molar-refractivity contribution in [1.82, 2.24) is 4.90 Å². The monoisotopic (exact) mass is 217 g/mol. The fourth-order valence-corrected chi connectivity index (χ4v) is 2.12. The van der Waals surface area contributed by atoms with Crippen LogP contribution in [0.2, 0.25) is 0 Å². The van der Waals surface area contributed by atoms with Crippen LogP contribution in [0.25, 0.3) is 0 Å². The van der Waals surface area contributed by atoms with Gasteiger partial charge >= 0.3 is 0 Å². The summed E-state index contributed by atoms with van der Waals surface area (Å²) < 4.78 is 0. The second kappa shape index (κ2) is 4.86. The summed E-state index contributed by atoms with van der Waals surface area (Å²) in [6, 6.07) is 0. The largest absolute Gasteiger partial charge is 0.393 e. The van der Waals surface area contributed by atoms with Crippen LogP contribution in [-0.2, 0) is 0 Å². The first-order chi connectivity index (χ1) is 6.44. The number of aliphatic hydroxyl groups is 1. The summed E-state index contributed by atoms with van der Waals surface area (Å²) in [6.07, 6.45) is 0.828. The molecule has 14 heavy (non-hydrogen) atoms. The van der Waals surface area contributed by atoms with Gasteiger partial charge in [-0.15, -0.1) is 0 Å². The number of aliphatic hydroxyl groups excluding tert-OH is 1. The van der Waals surface area contributed by atoms with Crippen LogP contribution in [0.15, 0.2) is 0 Å². The van der Waals surface area contributed by atoms with Crippen LogP contribution in [0.1, 0.15) is 27.2 Å². The summed E-state index contributed by atoms with van der Waals surface area (Å²) in [5, 5.41) is 9.61. The molecule has 0 aromatic rings. The summed E-state index contributed by atoms with van der Waals surface area (Å²) in [5.41, 5.74) is 0.283. The van der Waals surface area contributed by atoms with Gasteiger partial charge in [-0.05, 0) is 23.5 Å². The van der Waals surface area contributed by atoms with Crippen molar-refractivity contribution in [3.8, 4) is 0 Å². The van der Waals surface area contributed by atoms with Crippen molar-refractivity contribution in [1.29, 1.82) is 0 Å². The molecule has 0 aromatic carbocycles. The van der Waals surface area contributed by atoms with Gasteiger partial charge in [0.05, 0.1) is 6.10 Å². The van der Waals surface area contributed by atoms with Gasteiger partial charge in [-0.25, -0.2) is 0 Å². The van der Waals surface area contributed by atoms with Crippen LogP contribution in [0.4, 0.5) is 0 Å². The third kappa shape index (κ3) is 3.44. The van der Waals surface area contributed by atoms with E-state index in [0.717, 1.165) is 31.8 Å². The van der Waals surface area contributed by atoms with E-state index in [9.17, 15) is 5.11 Å². The number of nitrogens with zero attached hydrogens (tertiary/aromatic N) is 1. The van der Waals surface area contributed by atoms with E-state index in [1.54, 1.807) is 0 Å². The van der Waals surface area contributed by atoms with Gasteiger partial charge in [0.1, 0.15) is 0 Å². The molecule has 0 aromatic heterocycles. The molecule has 1 aliphatic rings. The van der Waals surface area contributed by atoms with Gasteiger partial charge in [0.15, 0.2) is 0 Å². The molecule has 2 nitrogen and oxygen atoms in total. The first-order valence-electron chi connectivity index (χ1n) is 5.46. The topological polar surface area (TPSA) is 23.5 Å². The molecule has 0 bridgehead atoms. The molecule has 2 atom stereocenters. The van der Waals surface area contributed by atoms with E-state index in [4.69, 9.17) is 0 Å². The Bertz CT molecular complexity index is 184. The third-order valence-electron chi connectivity index (χ3n) is 3.02. The smallest absolute Gasteiger partial charge is 0.0590 e. The minimum Gasteiger partial charge on any atom is -0.393 e. The molecule has 1 fully saturated rings. The molecule has 1 heterocycles. The number of likely N-dealkylation sites (tertiary alicyclic amines) is 1. The second-order valence-corrected chi connectivity index (χ2v) is 5.71. The maximum atomic E-state index is 9.61. The van der Waals surface area contributed by atoms with Gasteiger partial charge in [-0.2, -0.15) is 12.6 Å². The average Bonchev–Trinajstić information content (AvgIpc) is 2.11. The first-order valence-corrected chi connectivity index (χ1v) is 6.09. The summed E-state index contributed by atoms with van der Waals surface area (Å²) in [4.78, 5) is 2.45. The van der Waals surface area contributed by atoms with Crippen molar-refractivity contribution in [3.05, 3.63) is 0 Å². The molecule has 1 rings (SSSR count). The van der Waals surface area contributed by atoms with Crippen molar-refractivity contribution < 1.29 is 5.11 Å². The fraction of sp³-hybridized carbons (Fsp3) is 1.00. The summed E-state index contributed by atoms with van der Waals surface area (Å²) in [7, 11) is 0. The highest BCUT2D eigenvalue weighted by Crippen LogP contribution is 2.23. The highest BCUT2D eigenvalue weighted by Gasteiger charge is 2.27. The Morgan fingerprint density at radius 3 is 2.64 bits per heavy atom. The van der Waals surface area contributed by atoms with Crippen molar-refractivity contribution in [2.24, 2.45) is 11.3 Å². The number of hydrogen-bond donors (Lipinski definition) is 2. The molecule has 3 heteroatoms. The lowest BCUT2D eigenvalue weighted by Crippen LogP contribution is -2.45. The molecular weight excluding hydrogens is 194 g/mol. The lowest BCUT2D eigenvalue weighted by atomic mass is 9.91. The predicted molar refractivity (Wildman–Crippen MR) is 63.9 cm³/mol. The first kappa shape index (κ1) is 12.3. The SMILES string of the molecule is CC1CN(CC(C)(C)CS)CCC1O. The Morgan fingerprint density at radius 2 is 2.14 bits per heavy atom. The van der Waals surface area contributed by atoms with Crippen LogP contribution >= 0.6 is 12.6 Å². The quantitative estimate of drug-likeness (QED) is 0.702. The van der Waals surface area contributed by atoms with Crippen molar-refractivity contribution in [2.45, 2.75) is 33.3 Å². The van der Waals surface area contributed by atoms with Gasteiger partial charge in [0, 0.05) is 19.6 Å². The number of rotatable bonds is 3. The molecule has 0 aliphatic carbocycles. The van der Waals surface area contributed by atoms with Crippen molar-refractivity contribution >= 4 is 12.6 Å². The van der Waals surface area contributed by atoms with Crippen LogP contribution in [-0.4, -0.2) is 41.5 Å². The average molecular weight is 217 g/mol. The molecule has 0 amide bonds. The van der Waals surface area contributed by atoms with Crippen LogP contribution in [0.5, 0.6) is 0 Å². The highest BCUT2D eigenvalue weighted by molar-refractivity contribution is 7.80. The number of thiol groups is 1. The normalized spacial score (nSPS) is 30.6. The standard InChI is InChI=1S/C11H23NOS/c1-9-6-12(5-4-10(9)13)7-11(2,3)8-14/h9-10,13-14H,4-8H2,1-3H3.